The lowest BCUT2D eigenvalue weighted by molar-refractivity contribution is 0.0944. The Hall–Kier alpha value is -2.54. The van der Waals surface area contributed by atoms with Gasteiger partial charge in [-0.2, -0.15) is 5.10 Å². The van der Waals surface area contributed by atoms with Gasteiger partial charge in [0.05, 0.1) is 6.04 Å². The number of hydrogen-bond donors (Lipinski definition) is 2. The van der Waals surface area contributed by atoms with Crippen molar-refractivity contribution in [2.24, 2.45) is 0 Å². The third-order valence-electron chi connectivity index (χ3n) is 4.40. The van der Waals surface area contributed by atoms with Gasteiger partial charge in [0.25, 0.3) is 5.91 Å². The van der Waals surface area contributed by atoms with Crippen molar-refractivity contribution >= 4 is 5.91 Å². The molecule has 1 unspecified atom stereocenters. The number of nitrogens with one attached hydrogen (secondary N) is 2. The van der Waals surface area contributed by atoms with E-state index in [-0.39, 0.29) is 12.7 Å². The highest BCUT2D eigenvalue weighted by molar-refractivity contribution is 5.92. The van der Waals surface area contributed by atoms with E-state index in [2.05, 4.69) is 15.7 Å². The minimum Gasteiger partial charge on any atom is -0.454 e. The lowest BCUT2D eigenvalue weighted by Gasteiger charge is -2.22. The largest absolute Gasteiger partial charge is 0.454 e. The van der Waals surface area contributed by atoms with E-state index < -0.39 is 0 Å². The van der Waals surface area contributed by atoms with Crippen LogP contribution in [0.4, 0.5) is 0 Å². The number of fused-ring (bicyclic) bond motifs is 1. The van der Waals surface area contributed by atoms with Gasteiger partial charge in [0.2, 0.25) is 6.79 Å². The molecule has 1 aromatic carbocycles. The molecule has 1 atom stereocenters. The summed E-state index contributed by atoms with van der Waals surface area (Å²) < 4.78 is 12.7. The third kappa shape index (κ3) is 2.94. The number of ether oxygens (including phenoxy) is 2. The Bertz CT molecular complexity index is 737. The zero-order valence-electron chi connectivity index (χ0n) is 13.3. The topological polar surface area (TPSA) is 77.4 Å². The Labute approximate surface area is 139 Å². The quantitative estimate of drug-likeness (QED) is 0.889. The SMILES string of the molecule is O=C(NCc1cccc2c1OCO2)c1ccn(C2CCCNC2)n1. The van der Waals surface area contributed by atoms with Crippen molar-refractivity contribution in [2.75, 3.05) is 19.9 Å². The molecular formula is C17H20N4O3. The van der Waals surface area contributed by atoms with E-state index >= 15 is 0 Å². The molecule has 0 spiro atoms. The van der Waals surface area contributed by atoms with Crippen molar-refractivity contribution < 1.29 is 14.3 Å². The van der Waals surface area contributed by atoms with Crippen LogP contribution in [0, 0.1) is 0 Å². The molecule has 1 amide bonds. The molecule has 2 aliphatic rings. The molecule has 3 heterocycles. The highest BCUT2D eigenvalue weighted by atomic mass is 16.7. The van der Waals surface area contributed by atoms with Crippen LogP contribution in [0.3, 0.4) is 0 Å². The van der Waals surface area contributed by atoms with Crippen molar-refractivity contribution in [3.8, 4) is 11.5 Å². The number of hydrogen-bond acceptors (Lipinski definition) is 5. The number of benzene rings is 1. The van der Waals surface area contributed by atoms with E-state index in [1.165, 1.54) is 0 Å². The summed E-state index contributed by atoms with van der Waals surface area (Å²) in [6, 6.07) is 7.75. The molecule has 0 saturated carbocycles. The second-order valence-corrected chi connectivity index (χ2v) is 6.01. The van der Waals surface area contributed by atoms with E-state index in [9.17, 15) is 4.79 Å². The fraction of sp³-hybridized carbons (Fsp3) is 0.412. The van der Waals surface area contributed by atoms with Gasteiger partial charge in [0, 0.05) is 24.8 Å². The molecule has 0 radical (unpaired) electrons. The van der Waals surface area contributed by atoms with E-state index in [0.717, 1.165) is 37.2 Å². The first-order valence-corrected chi connectivity index (χ1v) is 8.23. The van der Waals surface area contributed by atoms with Crippen LogP contribution < -0.4 is 20.1 Å². The average Bonchev–Trinajstić information content (AvgIpc) is 3.30. The first-order valence-electron chi connectivity index (χ1n) is 8.23. The van der Waals surface area contributed by atoms with Gasteiger partial charge in [-0.15, -0.1) is 0 Å². The van der Waals surface area contributed by atoms with Crippen LogP contribution >= 0.6 is 0 Å². The van der Waals surface area contributed by atoms with Gasteiger partial charge in [0.15, 0.2) is 11.5 Å². The van der Waals surface area contributed by atoms with E-state index in [1.807, 2.05) is 29.1 Å². The number of piperidine rings is 1. The molecule has 2 aromatic rings. The first-order chi connectivity index (χ1) is 11.8. The Morgan fingerprint density at radius 1 is 1.38 bits per heavy atom. The maximum Gasteiger partial charge on any atom is 0.272 e. The smallest absolute Gasteiger partial charge is 0.272 e. The van der Waals surface area contributed by atoms with Crippen LogP contribution in [0.1, 0.15) is 34.9 Å². The minimum atomic E-state index is -0.186. The Morgan fingerprint density at radius 3 is 3.21 bits per heavy atom. The molecule has 4 rings (SSSR count). The van der Waals surface area contributed by atoms with Gasteiger partial charge < -0.3 is 20.1 Å². The number of carbonyl (C=O) groups excluding carboxylic acids is 1. The fourth-order valence-corrected chi connectivity index (χ4v) is 3.12. The van der Waals surface area contributed by atoms with Crippen molar-refractivity contribution in [1.29, 1.82) is 0 Å². The fourth-order valence-electron chi connectivity index (χ4n) is 3.12. The summed E-state index contributed by atoms with van der Waals surface area (Å²) in [4.78, 5) is 12.3. The van der Waals surface area contributed by atoms with Crippen LogP contribution in [0.25, 0.3) is 0 Å². The van der Waals surface area contributed by atoms with Crippen LogP contribution in [0.2, 0.25) is 0 Å². The number of aromatic nitrogens is 2. The van der Waals surface area contributed by atoms with Gasteiger partial charge in [-0.1, -0.05) is 12.1 Å². The Balaban J connectivity index is 1.40. The van der Waals surface area contributed by atoms with Crippen molar-refractivity contribution in [1.82, 2.24) is 20.4 Å². The lowest BCUT2D eigenvalue weighted by Crippen LogP contribution is -2.32. The van der Waals surface area contributed by atoms with Gasteiger partial charge in [-0.3, -0.25) is 9.48 Å². The summed E-state index contributed by atoms with van der Waals surface area (Å²) in [7, 11) is 0. The highest BCUT2D eigenvalue weighted by Gasteiger charge is 2.20. The standard InChI is InChI=1S/C17H20N4O3/c22-17(14-6-8-21(20-14)13-4-2-7-18-10-13)19-9-12-3-1-5-15-16(12)24-11-23-15/h1,3,5-6,8,13,18H,2,4,7,9-11H2,(H,19,22). The van der Waals surface area contributed by atoms with Gasteiger partial charge in [-0.05, 0) is 31.5 Å². The van der Waals surface area contributed by atoms with E-state index in [0.29, 0.717) is 24.0 Å². The maximum absolute atomic E-state index is 12.3. The maximum atomic E-state index is 12.3. The van der Waals surface area contributed by atoms with Gasteiger partial charge in [-0.25, -0.2) is 0 Å². The summed E-state index contributed by atoms with van der Waals surface area (Å²) >= 11 is 0. The lowest BCUT2D eigenvalue weighted by atomic mass is 10.1. The summed E-state index contributed by atoms with van der Waals surface area (Å²) in [5, 5.41) is 10.7. The number of carbonyl (C=O) groups is 1. The minimum absolute atomic E-state index is 0.186. The summed E-state index contributed by atoms with van der Waals surface area (Å²) in [5.41, 5.74) is 1.33. The highest BCUT2D eigenvalue weighted by Crippen LogP contribution is 2.35. The second-order valence-electron chi connectivity index (χ2n) is 6.01. The zero-order valence-corrected chi connectivity index (χ0v) is 13.3. The number of nitrogens with zero attached hydrogens (tertiary/aromatic N) is 2. The van der Waals surface area contributed by atoms with Crippen LogP contribution in [0.15, 0.2) is 30.5 Å². The number of para-hydroxylation sites is 1. The molecular weight excluding hydrogens is 308 g/mol. The summed E-state index contributed by atoms with van der Waals surface area (Å²) in [6.45, 7) is 2.55. The molecule has 1 aromatic heterocycles. The molecule has 126 valence electrons. The number of amides is 1. The molecule has 7 nitrogen and oxygen atoms in total. The summed E-state index contributed by atoms with van der Waals surface area (Å²) in [5.74, 6) is 1.24. The molecule has 0 bridgehead atoms. The van der Waals surface area contributed by atoms with Crippen molar-refractivity contribution in [3.63, 3.8) is 0 Å². The number of rotatable bonds is 4. The molecule has 1 fully saturated rings. The van der Waals surface area contributed by atoms with Crippen LogP contribution in [-0.4, -0.2) is 35.6 Å². The normalized spacial score (nSPS) is 19.2. The second kappa shape index (κ2) is 6.52. The van der Waals surface area contributed by atoms with Crippen LogP contribution in [0.5, 0.6) is 11.5 Å². The molecule has 0 aliphatic carbocycles. The predicted octanol–water partition coefficient (Wildman–Crippen LogP) is 1.47. The van der Waals surface area contributed by atoms with Crippen molar-refractivity contribution in [3.05, 3.63) is 41.7 Å². The Morgan fingerprint density at radius 2 is 2.33 bits per heavy atom. The predicted molar refractivity (Wildman–Crippen MR) is 87.1 cm³/mol. The van der Waals surface area contributed by atoms with E-state index in [4.69, 9.17) is 9.47 Å². The van der Waals surface area contributed by atoms with Gasteiger partial charge >= 0.3 is 0 Å². The molecule has 2 aliphatic heterocycles. The van der Waals surface area contributed by atoms with Crippen LogP contribution in [-0.2, 0) is 6.54 Å². The monoisotopic (exact) mass is 328 g/mol. The molecule has 1 saturated heterocycles. The molecule has 2 N–H and O–H groups in total. The van der Waals surface area contributed by atoms with Crippen molar-refractivity contribution in [2.45, 2.75) is 25.4 Å². The summed E-state index contributed by atoms with van der Waals surface area (Å²) in [6.07, 6.45) is 4.10. The average molecular weight is 328 g/mol. The molecule has 24 heavy (non-hydrogen) atoms. The first kappa shape index (κ1) is 15.0. The zero-order chi connectivity index (χ0) is 16.4. The van der Waals surface area contributed by atoms with Gasteiger partial charge in [0.1, 0.15) is 5.69 Å². The van der Waals surface area contributed by atoms with E-state index in [1.54, 1.807) is 6.07 Å². The Kier molecular flexibility index (Phi) is 4.08. The molecule has 7 heteroatoms. The third-order valence-corrected chi connectivity index (χ3v) is 4.40.